The molecule has 1 aromatic rings. The molecule has 6 nitrogen and oxygen atoms in total. The number of carbonyl (C=O) groups is 1. The van der Waals surface area contributed by atoms with Gasteiger partial charge >= 0.3 is 0 Å². The third-order valence-electron chi connectivity index (χ3n) is 4.10. The number of amides is 1. The summed E-state index contributed by atoms with van der Waals surface area (Å²) in [5.41, 5.74) is 1.68. The van der Waals surface area contributed by atoms with Crippen LogP contribution < -0.4 is 0 Å². The molecular formula is C18H27N3O3. The van der Waals surface area contributed by atoms with Gasteiger partial charge < -0.3 is 19.3 Å². The number of methoxy groups -OCH3 is 1. The lowest BCUT2D eigenvalue weighted by Crippen LogP contribution is -2.49. The van der Waals surface area contributed by atoms with Crippen LogP contribution in [0.3, 0.4) is 0 Å². The number of aliphatic imine (C=N–C) groups is 1. The molecule has 24 heavy (non-hydrogen) atoms. The molecule has 132 valence electrons. The lowest BCUT2D eigenvalue weighted by Gasteiger charge is -2.35. The zero-order valence-corrected chi connectivity index (χ0v) is 14.8. The Labute approximate surface area is 144 Å². The number of likely N-dealkylation sites (N-methyl/N-ethyl adjacent to an activating group) is 1. The molecule has 6 heteroatoms. The molecule has 0 aromatic heterocycles. The fourth-order valence-corrected chi connectivity index (χ4v) is 2.51. The number of nitrogens with zero attached hydrogens (tertiary/aromatic N) is 3. The molecule has 1 fully saturated rings. The highest BCUT2D eigenvalue weighted by Gasteiger charge is 2.21. The highest BCUT2D eigenvalue weighted by Crippen LogP contribution is 2.08. The average Bonchev–Trinajstić information content (AvgIpc) is 2.61. The predicted octanol–water partition coefficient (Wildman–Crippen LogP) is 1.79. The summed E-state index contributed by atoms with van der Waals surface area (Å²) in [6.45, 7) is 9.53. The average molecular weight is 333 g/mol. The number of benzene rings is 1. The fraction of sp³-hybridized carbons (Fsp3) is 0.556. The van der Waals surface area contributed by atoms with E-state index in [0.29, 0.717) is 24.8 Å². The Morgan fingerprint density at radius 2 is 1.79 bits per heavy atom. The van der Waals surface area contributed by atoms with E-state index in [-0.39, 0.29) is 5.91 Å². The molecule has 2 rings (SSSR count). The van der Waals surface area contributed by atoms with Crippen molar-refractivity contribution in [2.75, 3.05) is 53.0 Å². The lowest BCUT2D eigenvalue weighted by atomic mass is 10.1. The zero-order valence-electron chi connectivity index (χ0n) is 14.8. The molecule has 0 spiro atoms. The van der Waals surface area contributed by atoms with Crippen LogP contribution in [0, 0.1) is 6.92 Å². The molecule has 1 aliphatic heterocycles. The fourth-order valence-electron chi connectivity index (χ4n) is 2.51. The molecule has 1 amide bonds. The second kappa shape index (κ2) is 9.39. The van der Waals surface area contributed by atoms with E-state index < -0.39 is 0 Å². The van der Waals surface area contributed by atoms with Crippen molar-refractivity contribution < 1.29 is 14.3 Å². The van der Waals surface area contributed by atoms with E-state index in [0.717, 1.165) is 38.3 Å². The normalized spacial score (nSPS) is 16.3. The Bertz CT molecular complexity index is 549. The second-order valence-corrected chi connectivity index (χ2v) is 5.83. The number of amidine groups is 1. The summed E-state index contributed by atoms with van der Waals surface area (Å²) in [5.74, 6) is -0.277. The minimum Gasteiger partial charge on any atom is -0.462 e. The number of piperazine rings is 1. The molecule has 1 saturated heterocycles. The SMILES string of the molecule is CCN1CCN(C(=NC(=O)c2ccc(C)cc2)OCCOC)CC1. The highest BCUT2D eigenvalue weighted by molar-refractivity contribution is 6.01. The molecule has 1 aliphatic rings. The number of hydrogen-bond acceptors (Lipinski definition) is 4. The van der Waals surface area contributed by atoms with Gasteiger partial charge in [0.1, 0.15) is 6.61 Å². The molecule has 0 bridgehead atoms. The lowest BCUT2D eigenvalue weighted by molar-refractivity contribution is 0.0960. The predicted molar refractivity (Wildman–Crippen MR) is 94.5 cm³/mol. The maximum Gasteiger partial charge on any atom is 0.295 e. The molecule has 0 radical (unpaired) electrons. The Balaban J connectivity index is 2.09. The minimum absolute atomic E-state index is 0.277. The largest absolute Gasteiger partial charge is 0.462 e. The van der Waals surface area contributed by atoms with Gasteiger partial charge in [-0.05, 0) is 25.6 Å². The second-order valence-electron chi connectivity index (χ2n) is 5.83. The first-order chi connectivity index (χ1) is 11.6. The maximum absolute atomic E-state index is 12.4. The Morgan fingerprint density at radius 1 is 1.12 bits per heavy atom. The van der Waals surface area contributed by atoms with E-state index in [4.69, 9.17) is 9.47 Å². The van der Waals surface area contributed by atoms with Gasteiger partial charge in [0, 0.05) is 38.9 Å². The first-order valence-corrected chi connectivity index (χ1v) is 8.42. The third kappa shape index (κ3) is 5.32. The van der Waals surface area contributed by atoms with Gasteiger partial charge in [-0.2, -0.15) is 4.99 Å². The van der Waals surface area contributed by atoms with Gasteiger partial charge in [-0.1, -0.05) is 24.6 Å². The Hall–Kier alpha value is -1.92. The number of ether oxygens (including phenoxy) is 2. The number of rotatable bonds is 5. The third-order valence-corrected chi connectivity index (χ3v) is 4.10. The van der Waals surface area contributed by atoms with Gasteiger partial charge in [-0.3, -0.25) is 4.79 Å². The topological polar surface area (TPSA) is 54.4 Å². The summed E-state index contributed by atoms with van der Waals surface area (Å²) < 4.78 is 10.7. The van der Waals surface area contributed by atoms with Crippen LogP contribution in [-0.4, -0.2) is 74.8 Å². The molecule has 0 aliphatic carbocycles. The van der Waals surface area contributed by atoms with Crippen LogP contribution in [0.25, 0.3) is 0 Å². The number of hydrogen-bond donors (Lipinski definition) is 0. The van der Waals surface area contributed by atoms with Crippen molar-refractivity contribution in [3.8, 4) is 0 Å². The minimum atomic E-state index is -0.277. The maximum atomic E-state index is 12.4. The summed E-state index contributed by atoms with van der Waals surface area (Å²) in [7, 11) is 1.62. The van der Waals surface area contributed by atoms with E-state index in [2.05, 4.69) is 16.8 Å². The molecule has 0 saturated carbocycles. The van der Waals surface area contributed by atoms with Crippen LogP contribution in [-0.2, 0) is 9.47 Å². The van der Waals surface area contributed by atoms with Crippen LogP contribution in [0.1, 0.15) is 22.8 Å². The monoisotopic (exact) mass is 333 g/mol. The van der Waals surface area contributed by atoms with Gasteiger partial charge in [0.25, 0.3) is 11.9 Å². The van der Waals surface area contributed by atoms with Crippen molar-refractivity contribution >= 4 is 11.9 Å². The molecule has 0 unspecified atom stereocenters. The Kier molecular flexibility index (Phi) is 7.21. The van der Waals surface area contributed by atoms with Crippen LogP contribution >= 0.6 is 0 Å². The number of aryl methyl sites for hydroxylation is 1. The van der Waals surface area contributed by atoms with Gasteiger partial charge in [0.15, 0.2) is 0 Å². The quantitative estimate of drug-likeness (QED) is 0.467. The van der Waals surface area contributed by atoms with Crippen molar-refractivity contribution in [2.24, 2.45) is 4.99 Å². The smallest absolute Gasteiger partial charge is 0.295 e. The van der Waals surface area contributed by atoms with Crippen molar-refractivity contribution in [2.45, 2.75) is 13.8 Å². The van der Waals surface area contributed by atoms with Gasteiger partial charge in [0.05, 0.1) is 6.61 Å². The van der Waals surface area contributed by atoms with E-state index in [1.165, 1.54) is 0 Å². The standard InChI is InChI=1S/C18H27N3O3/c1-4-20-9-11-21(12-10-20)18(24-14-13-23-3)19-17(22)16-7-5-15(2)6-8-16/h5-8H,4,9-14H2,1-3H3. The van der Waals surface area contributed by atoms with Crippen molar-refractivity contribution in [3.05, 3.63) is 35.4 Å². The zero-order chi connectivity index (χ0) is 17.4. The first kappa shape index (κ1) is 18.4. The van der Waals surface area contributed by atoms with E-state index in [1.807, 2.05) is 24.0 Å². The summed E-state index contributed by atoms with van der Waals surface area (Å²) >= 11 is 0. The van der Waals surface area contributed by atoms with Crippen LogP contribution in [0.2, 0.25) is 0 Å². The molecule has 1 heterocycles. The van der Waals surface area contributed by atoms with Crippen molar-refractivity contribution in [1.29, 1.82) is 0 Å². The number of carbonyl (C=O) groups excluding carboxylic acids is 1. The van der Waals surface area contributed by atoms with E-state index in [1.54, 1.807) is 19.2 Å². The van der Waals surface area contributed by atoms with Gasteiger partial charge in [-0.15, -0.1) is 0 Å². The molecule has 0 N–H and O–H groups in total. The summed E-state index contributed by atoms with van der Waals surface area (Å²) in [4.78, 5) is 21.1. The van der Waals surface area contributed by atoms with E-state index in [9.17, 15) is 4.79 Å². The van der Waals surface area contributed by atoms with E-state index >= 15 is 0 Å². The van der Waals surface area contributed by atoms with Crippen molar-refractivity contribution in [3.63, 3.8) is 0 Å². The van der Waals surface area contributed by atoms with Gasteiger partial charge in [-0.25, -0.2) is 0 Å². The highest BCUT2D eigenvalue weighted by atomic mass is 16.5. The molecular weight excluding hydrogens is 306 g/mol. The van der Waals surface area contributed by atoms with Crippen LogP contribution in [0.15, 0.2) is 29.3 Å². The summed E-state index contributed by atoms with van der Waals surface area (Å²) in [6, 6.07) is 7.81. The van der Waals surface area contributed by atoms with Crippen molar-refractivity contribution in [1.82, 2.24) is 9.80 Å². The van der Waals surface area contributed by atoms with Crippen LogP contribution in [0.4, 0.5) is 0 Å². The Morgan fingerprint density at radius 3 is 2.38 bits per heavy atom. The van der Waals surface area contributed by atoms with Gasteiger partial charge in [0.2, 0.25) is 0 Å². The van der Waals surface area contributed by atoms with Crippen LogP contribution in [0.5, 0.6) is 0 Å². The first-order valence-electron chi connectivity index (χ1n) is 8.42. The summed E-state index contributed by atoms with van der Waals surface area (Å²) in [5, 5.41) is 0. The molecule has 0 atom stereocenters. The molecule has 1 aromatic carbocycles. The summed E-state index contributed by atoms with van der Waals surface area (Å²) in [6.07, 6.45) is 0.